The number of ether oxygens (including phenoxy) is 1. The molecule has 0 atom stereocenters. The molecule has 0 aliphatic heterocycles. The van der Waals surface area contributed by atoms with Gasteiger partial charge in [0.25, 0.3) is 5.24 Å². The minimum Gasteiger partial charge on any atom is -0.495 e. The summed E-state index contributed by atoms with van der Waals surface area (Å²) in [5, 5.41) is 0.215. The Bertz CT molecular complexity index is 525. The number of pyridine rings is 1. The van der Waals surface area contributed by atoms with Gasteiger partial charge in [-0.1, -0.05) is 6.07 Å². The Kier molecular flexibility index (Phi) is 2.56. The van der Waals surface area contributed by atoms with E-state index in [0.717, 1.165) is 5.52 Å². The van der Waals surface area contributed by atoms with Crippen LogP contribution in [-0.4, -0.2) is 17.3 Å². The van der Waals surface area contributed by atoms with E-state index in [4.69, 9.17) is 16.3 Å². The molecule has 0 aliphatic rings. The van der Waals surface area contributed by atoms with Crippen molar-refractivity contribution >= 4 is 27.7 Å². The topological polar surface area (TPSA) is 39.2 Å². The van der Waals surface area contributed by atoms with Crippen molar-refractivity contribution in [2.45, 2.75) is 0 Å². The van der Waals surface area contributed by atoms with Crippen LogP contribution in [0.4, 0.5) is 0 Å². The van der Waals surface area contributed by atoms with E-state index in [1.54, 1.807) is 31.5 Å². The van der Waals surface area contributed by atoms with E-state index in [2.05, 4.69) is 4.98 Å². The summed E-state index contributed by atoms with van der Waals surface area (Å²) in [5.41, 5.74) is 1.17. The summed E-state index contributed by atoms with van der Waals surface area (Å²) in [6.07, 6.45) is 1.60. The Morgan fingerprint density at radius 3 is 2.93 bits per heavy atom. The van der Waals surface area contributed by atoms with Gasteiger partial charge in [-0.2, -0.15) is 0 Å². The van der Waals surface area contributed by atoms with Gasteiger partial charge in [0.2, 0.25) is 0 Å². The molecule has 0 unspecified atom stereocenters. The molecule has 4 heteroatoms. The molecule has 0 saturated carbocycles. The fourth-order valence-electron chi connectivity index (χ4n) is 1.41. The van der Waals surface area contributed by atoms with E-state index < -0.39 is 5.24 Å². The van der Waals surface area contributed by atoms with E-state index in [1.807, 2.05) is 6.07 Å². The molecule has 1 heterocycles. The zero-order valence-corrected chi connectivity index (χ0v) is 8.78. The number of carbonyl (C=O) groups is 1. The molecule has 2 rings (SSSR count). The van der Waals surface area contributed by atoms with Crippen LogP contribution in [-0.2, 0) is 0 Å². The number of hydrogen-bond donors (Lipinski definition) is 0. The van der Waals surface area contributed by atoms with Crippen molar-refractivity contribution in [2.24, 2.45) is 0 Å². The molecule has 3 nitrogen and oxygen atoms in total. The monoisotopic (exact) mass is 221 g/mol. The Balaban J connectivity index is 2.76. The van der Waals surface area contributed by atoms with Crippen LogP contribution in [0.5, 0.6) is 5.75 Å². The Morgan fingerprint density at radius 2 is 2.27 bits per heavy atom. The largest absolute Gasteiger partial charge is 0.495 e. The molecule has 0 spiro atoms. The molecule has 15 heavy (non-hydrogen) atoms. The minimum atomic E-state index is -0.490. The first-order valence-corrected chi connectivity index (χ1v) is 4.73. The molecule has 0 N–H and O–H groups in total. The van der Waals surface area contributed by atoms with Crippen molar-refractivity contribution in [1.82, 2.24) is 4.98 Å². The first kappa shape index (κ1) is 9.93. The summed E-state index contributed by atoms with van der Waals surface area (Å²) >= 11 is 5.47. The van der Waals surface area contributed by atoms with Crippen molar-refractivity contribution in [3.63, 3.8) is 0 Å². The summed E-state index contributed by atoms with van der Waals surface area (Å²) < 4.78 is 5.04. The Labute approximate surface area is 91.6 Å². The minimum absolute atomic E-state index is 0.445. The van der Waals surface area contributed by atoms with Gasteiger partial charge < -0.3 is 4.74 Å². The zero-order chi connectivity index (χ0) is 10.8. The van der Waals surface area contributed by atoms with Gasteiger partial charge >= 0.3 is 0 Å². The van der Waals surface area contributed by atoms with Gasteiger partial charge in [-0.15, -0.1) is 0 Å². The predicted molar refractivity (Wildman–Crippen MR) is 58.5 cm³/mol. The lowest BCUT2D eigenvalue weighted by Gasteiger charge is -2.04. The summed E-state index contributed by atoms with van der Waals surface area (Å²) in [6, 6.07) is 6.98. The van der Waals surface area contributed by atoms with E-state index >= 15 is 0 Å². The molecule has 1 aromatic carbocycles. The second kappa shape index (κ2) is 3.87. The van der Waals surface area contributed by atoms with E-state index in [-0.39, 0.29) is 0 Å². The lowest BCUT2D eigenvalue weighted by molar-refractivity contribution is 0.108. The molecule has 0 saturated heterocycles. The standard InChI is InChI=1S/C11H8ClNO2/c1-15-7-5-9-8(11(12)14)3-2-4-10(9)13-6-7/h2-6H,1H3. The molecule has 2 aromatic rings. The van der Waals surface area contributed by atoms with Gasteiger partial charge in [-0.3, -0.25) is 9.78 Å². The van der Waals surface area contributed by atoms with Crippen LogP contribution in [0.2, 0.25) is 0 Å². The molecule has 1 aromatic heterocycles. The summed E-state index contributed by atoms with van der Waals surface area (Å²) in [7, 11) is 1.55. The highest BCUT2D eigenvalue weighted by Crippen LogP contribution is 2.22. The molecule has 0 fully saturated rings. The average Bonchev–Trinajstić information content (AvgIpc) is 2.27. The summed E-state index contributed by atoms with van der Waals surface area (Å²) in [6.45, 7) is 0. The molecular weight excluding hydrogens is 214 g/mol. The number of methoxy groups -OCH3 is 1. The van der Waals surface area contributed by atoms with Gasteiger partial charge in [0, 0.05) is 10.9 Å². The number of aromatic nitrogens is 1. The van der Waals surface area contributed by atoms with E-state index in [1.165, 1.54) is 0 Å². The van der Waals surface area contributed by atoms with Crippen LogP contribution in [0.3, 0.4) is 0 Å². The quantitative estimate of drug-likeness (QED) is 0.732. The van der Waals surface area contributed by atoms with Crippen molar-refractivity contribution in [3.8, 4) is 5.75 Å². The fraction of sp³-hybridized carbons (Fsp3) is 0.0909. The maximum atomic E-state index is 11.2. The second-order valence-corrected chi connectivity index (χ2v) is 3.36. The number of nitrogens with zero attached hydrogens (tertiary/aromatic N) is 1. The number of hydrogen-bond acceptors (Lipinski definition) is 3. The van der Waals surface area contributed by atoms with Crippen LogP contribution < -0.4 is 4.74 Å². The summed E-state index contributed by atoms with van der Waals surface area (Å²) in [4.78, 5) is 15.3. The molecule has 0 bridgehead atoms. The SMILES string of the molecule is COc1cnc2cccc(C(=O)Cl)c2c1. The Morgan fingerprint density at radius 1 is 1.47 bits per heavy atom. The van der Waals surface area contributed by atoms with Gasteiger partial charge in [0.15, 0.2) is 0 Å². The highest BCUT2D eigenvalue weighted by molar-refractivity contribution is 6.68. The zero-order valence-electron chi connectivity index (χ0n) is 8.03. The van der Waals surface area contributed by atoms with Crippen LogP contribution in [0.25, 0.3) is 10.9 Å². The van der Waals surface area contributed by atoms with Gasteiger partial charge in [-0.25, -0.2) is 0 Å². The molecule has 0 radical (unpaired) electrons. The molecule has 76 valence electrons. The lowest BCUT2D eigenvalue weighted by Crippen LogP contribution is -1.93. The van der Waals surface area contributed by atoms with Crippen LogP contribution in [0.15, 0.2) is 30.5 Å². The van der Waals surface area contributed by atoms with Crippen molar-refractivity contribution in [2.75, 3.05) is 7.11 Å². The third-order valence-electron chi connectivity index (χ3n) is 2.15. The highest BCUT2D eigenvalue weighted by Gasteiger charge is 2.08. The normalized spacial score (nSPS) is 10.3. The third-order valence-corrected chi connectivity index (χ3v) is 2.35. The first-order valence-electron chi connectivity index (χ1n) is 4.35. The van der Waals surface area contributed by atoms with Crippen LogP contribution in [0, 0.1) is 0 Å². The second-order valence-electron chi connectivity index (χ2n) is 3.02. The molecule has 0 aliphatic carbocycles. The van der Waals surface area contributed by atoms with Gasteiger partial charge in [-0.05, 0) is 29.8 Å². The third kappa shape index (κ3) is 1.78. The van der Waals surface area contributed by atoms with E-state index in [9.17, 15) is 4.79 Å². The number of halogens is 1. The number of carbonyl (C=O) groups excluding carboxylic acids is 1. The number of fused-ring (bicyclic) bond motifs is 1. The fourth-order valence-corrected chi connectivity index (χ4v) is 1.58. The van der Waals surface area contributed by atoms with Crippen LogP contribution in [0.1, 0.15) is 10.4 Å². The van der Waals surface area contributed by atoms with E-state index in [0.29, 0.717) is 16.7 Å². The van der Waals surface area contributed by atoms with Crippen molar-refractivity contribution < 1.29 is 9.53 Å². The Hall–Kier alpha value is -1.61. The highest BCUT2D eigenvalue weighted by atomic mass is 35.5. The smallest absolute Gasteiger partial charge is 0.253 e. The first-order chi connectivity index (χ1) is 7.22. The molecule has 0 amide bonds. The predicted octanol–water partition coefficient (Wildman–Crippen LogP) is 2.62. The molecular formula is C11H8ClNO2. The van der Waals surface area contributed by atoms with Gasteiger partial charge in [0.1, 0.15) is 5.75 Å². The average molecular weight is 222 g/mol. The van der Waals surface area contributed by atoms with Crippen molar-refractivity contribution in [1.29, 1.82) is 0 Å². The summed E-state index contributed by atoms with van der Waals surface area (Å²) in [5.74, 6) is 0.605. The number of benzene rings is 1. The maximum absolute atomic E-state index is 11.2. The van der Waals surface area contributed by atoms with Crippen LogP contribution >= 0.6 is 11.6 Å². The lowest BCUT2D eigenvalue weighted by atomic mass is 10.1. The van der Waals surface area contributed by atoms with Crippen molar-refractivity contribution in [3.05, 3.63) is 36.0 Å². The number of rotatable bonds is 2. The maximum Gasteiger partial charge on any atom is 0.253 e. The van der Waals surface area contributed by atoms with Gasteiger partial charge in [0.05, 0.1) is 18.8 Å².